The minimum absolute atomic E-state index is 0.225. The number of aromatic amines is 1. The SMILES string of the molecule is CN(C)S(=O)(=O)c1ccc(CNC(=O)c2cc3ccccc3[nH]2)s1. The van der Waals surface area contributed by atoms with Crippen LogP contribution in [0.15, 0.2) is 46.7 Å². The van der Waals surface area contributed by atoms with E-state index in [9.17, 15) is 13.2 Å². The maximum absolute atomic E-state index is 12.2. The molecule has 126 valence electrons. The highest BCUT2D eigenvalue weighted by Crippen LogP contribution is 2.23. The van der Waals surface area contributed by atoms with Crippen molar-refractivity contribution in [2.24, 2.45) is 0 Å². The van der Waals surface area contributed by atoms with Crippen LogP contribution in [0.1, 0.15) is 15.4 Å². The van der Waals surface area contributed by atoms with Gasteiger partial charge in [-0.15, -0.1) is 11.3 Å². The maximum atomic E-state index is 12.2. The Kier molecular flexibility index (Phi) is 4.44. The van der Waals surface area contributed by atoms with Gasteiger partial charge in [0.15, 0.2) is 0 Å². The molecule has 0 saturated heterocycles. The number of nitrogens with one attached hydrogen (secondary N) is 2. The molecule has 8 heteroatoms. The number of thiophene rings is 1. The van der Waals surface area contributed by atoms with Crippen LogP contribution in [0.4, 0.5) is 0 Å². The molecule has 0 unspecified atom stereocenters. The smallest absolute Gasteiger partial charge is 0.268 e. The van der Waals surface area contributed by atoms with E-state index in [1.165, 1.54) is 18.4 Å². The standard InChI is InChI=1S/C16H17N3O3S2/c1-19(2)24(21,22)15-8-7-12(23-15)10-17-16(20)14-9-11-5-3-4-6-13(11)18-14/h3-9,18H,10H2,1-2H3,(H,17,20). The molecule has 2 aromatic heterocycles. The lowest BCUT2D eigenvalue weighted by molar-refractivity contribution is 0.0947. The lowest BCUT2D eigenvalue weighted by Crippen LogP contribution is -2.22. The van der Waals surface area contributed by atoms with E-state index < -0.39 is 10.0 Å². The number of amides is 1. The molecule has 0 fully saturated rings. The molecule has 0 saturated carbocycles. The average molecular weight is 363 g/mol. The molecule has 6 nitrogen and oxygen atoms in total. The first-order valence-electron chi connectivity index (χ1n) is 7.25. The quantitative estimate of drug-likeness (QED) is 0.730. The second kappa shape index (κ2) is 6.39. The third-order valence-corrected chi connectivity index (χ3v) is 6.94. The van der Waals surface area contributed by atoms with E-state index in [1.807, 2.05) is 24.3 Å². The summed E-state index contributed by atoms with van der Waals surface area (Å²) in [7, 11) is -0.446. The number of carbonyl (C=O) groups excluding carboxylic acids is 1. The zero-order valence-corrected chi connectivity index (χ0v) is 14.9. The van der Waals surface area contributed by atoms with E-state index >= 15 is 0 Å². The largest absolute Gasteiger partial charge is 0.351 e. The number of sulfonamides is 1. The number of rotatable bonds is 5. The fourth-order valence-electron chi connectivity index (χ4n) is 2.23. The lowest BCUT2D eigenvalue weighted by Gasteiger charge is -2.08. The van der Waals surface area contributed by atoms with Crippen molar-refractivity contribution in [2.75, 3.05) is 14.1 Å². The summed E-state index contributed by atoms with van der Waals surface area (Å²) in [4.78, 5) is 16.1. The second-order valence-corrected chi connectivity index (χ2v) is 9.01. The van der Waals surface area contributed by atoms with Crippen molar-refractivity contribution < 1.29 is 13.2 Å². The number of nitrogens with zero attached hydrogens (tertiary/aromatic N) is 1. The van der Waals surface area contributed by atoms with E-state index in [0.717, 1.165) is 27.1 Å². The van der Waals surface area contributed by atoms with Crippen LogP contribution in [-0.4, -0.2) is 37.7 Å². The van der Waals surface area contributed by atoms with Gasteiger partial charge in [0.05, 0.1) is 6.54 Å². The Bertz CT molecular complexity index is 954. The Hall–Kier alpha value is -2.16. The maximum Gasteiger partial charge on any atom is 0.268 e. The summed E-state index contributed by atoms with van der Waals surface area (Å²) in [5.41, 5.74) is 1.38. The van der Waals surface area contributed by atoms with Crippen molar-refractivity contribution in [3.05, 3.63) is 53.0 Å². The summed E-state index contributed by atoms with van der Waals surface area (Å²) in [5.74, 6) is -0.225. The minimum atomic E-state index is -3.43. The first kappa shape index (κ1) is 16.7. The highest BCUT2D eigenvalue weighted by atomic mass is 32.2. The molecule has 1 aromatic carbocycles. The van der Waals surface area contributed by atoms with Crippen LogP contribution in [0.3, 0.4) is 0 Å². The van der Waals surface area contributed by atoms with Gasteiger partial charge >= 0.3 is 0 Å². The summed E-state index contributed by atoms with van der Waals surface area (Å²) in [6.07, 6.45) is 0. The first-order chi connectivity index (χ1) is 11.4. The Morgan fingerprint density at radius 3 is 2.67 bits per heavy atom. The highest BCUT2D eigenvalue weighted by molar-refractivity contribution is 7.91. The van der Waals surface area contributed by atoms with Crippen molar-refractivity contribution >= 4 is 38.2 Å². The van der Waals surface area contributed by atoms with Gasteiger partial charge in [0.1, 0.15) is 9.90 Å². The summed E-state index contributed by atoms with van der Waals surface area (Å²) in [5, 5.41) is 3.77. The van der Waals surface area contributed by atoms with Gasteiger partial charge in [-0.25, -0.2) is 12.7 Å². The summed E-state index contributed by atoms with van der Waals surface area (Å²) in [6.45, 7) is 0.280. The third kappa shape index (κ3) is 3.21. The lowest BCUT2D eigenvalue weighted by atomic mass is 10.2. The zero-order valence-electron chi connectivity index (χ0n) is 13.2. The van der Waals surface area contributed by atoms with Gasteiger partial charge in [-0.2, -0.15) is 0 Å². The van der Waals surface area contributed by atoms with Crippen molar-refractivity contribution in [2.45, 2.75) is 10.8 Å². The summed E-state index contributed by atoms with van der Waals surface area (Å²) < 4.78 is 25.5. The minimum Gasteiger partial charge on any atom is -0.351 e. The Balaban J connectivity index is 1.70. The molecule has 1 amide bonds. The fraction of sp³-hybridized carbons (Fsp3) is 0.188. The molecule has 0 aliphatic heterocycles. The van der Waals surface area contributed by atoms with Gasteiger partial charge in [-0.3, -0.25) is 4.79 Å². The van der Waals surface area contributed by atoms with Crippen LogP contribution in [0, 0.1) is 0 Å². The number of H-pyrrole nitrogens is 1. The number of hydrogen-bond donors (Lipinski definition) is 2. The molecule has 0 spiro atoms. The molecule has 2 N–H and O–H groups in total. The molecule has 0 bridgehead atoms. The molecule has 3 aromatic rings. The van der Waals surface area contributed by atoms with Gasteiger partial charge < -0.3 is 10.3 Å². The Labute approximate surface area is 144 Å². The van der Waals surface area contributed by atoms with E-state index in [2.05, 4.69) is 10.3 Å². The number of hydrogen-bond acceptors (Lipinski definition) is 4. The number of benzene rings is 1. The Morgan fingerprint density at radius 1 is 1.21 bits per heavy atom. The van der Waals surface area contributed by atoms with Crippen LogP contribution in [0.2, 0.25) is 0 Å². The molecule has 24 heavy (non-hydrogen) atoms. The molecule has 2 heterocycles. The van der Waals surface area contributed by atoms with E-state index in [1.54, 1.807) is 18.2 Å². The molecule has 0 aliphatic carbocycles. The first-order valence-corrected chi connectivity index (χ1v) is 9.51. The second-order valence-electron chi connectivity index (χ2n) is 5.46. The van der Waals surface area contributed by atoms with Crippen LogP contribution >= 0.6 is 11.3 Å². The van der Waals surface area contributed by atoms with Gasteiger partial charge in [0.25, 0.3) is 15.9 Å². The third-order valence-electron chi connectivity index (χ3n) is 3.57. The number of para-hydroxylation sites is 1. The van der Waals surface area contributed by atoms with Gasteiger partial charge in [-0.05, 0) is 24.3 Å². The van der Waals surface area contributed by atoms with Crippen molar-refractivity contribution in [1.29, 1.82) is 0 Å². The van der Waals surface area contributed by atoms with Crippen molar-refractivity contribution in [3.63, 3.8) is 0 Å². The fourth-order valence-corrected chi connectivity index (χ4v) is 4.69. The molecular weight excluding hydrogens is 346 g/mol. The van der Waals surface area contributed by atoms with Gasteiger partial charge in [-0.1, -0.05) is 18.2 Å². The van der Waals surface area contributed by atoms with E-state index in [-0.39, 0.29) is 16.7 Å². The van der Waals surface area contributed by atoms with Crippen LogP contribution in [0.25, 0.3) is 10.9 Å². The van der Waals surface area contributed by atoms with E-state index in [4.69, 9.17) is 0 Å². The molecule has 3 rings (SSSR count). The molecule has 0 atom stereocenters. The van der Waals surface area contributed by atoms with Crippen LogP contribution < -0.4 is 5.32 Å². The number of carbonyl (C=O) groups is 1. The normalized spacial score (nSPS) is 12.0. The topological polar surface area (TPSA) is 82.3 Å². The molecular formula is C16H17N3O3S2. The van der Waals surface area contributed by atoms with Gasteiger partial charge in [0.2, 0.25) is 0 Å². The molecule has 0 radical (unpaired) electrons. The van der Waals surface area contributed by atoms with E-state index in [0.29, 0.717) is 5.69 Å². The summed E-state index contributed by atoms with van der Waals surface area (Å²) in [6, 6.07) is 12.7. The summed E-state index contributed by atoms with van der Waals surface area (Å²) >= 11 is 1.16. The van der Waals surface area contributed by atoms with Gasteiger partial charge in [0, 0.05) is 29.9 Å². The van der Waals surface area contributed by atoms with Crippen LogP contribution in [0.5, 0.6) is 0 Å². The highest BCUT2D eigenvalue weighted by Gasteiger charge is 2.19. The van der Waals surface area contributed by atoms with Crippen molar-refractivity contribution in [3.8, 4) is 0 Å². The molecule has 0 aliphatic rings. The predicted molar refractivity (Wildman–Crippen MR) is 94.7 cm³/mol. The predicted octanol–water partition coefficient (Wildman–Crippen LogP) is 2.41. The Morgan fingerprint density at radius 2 is 1.96 bits per heavy atom. The number of aromatic nitrogens is 1. The van der Waals surface area contributed by atoms with Crippen molar-refractivity contribution in [1.82, 2.24) is 14.6 Å². The monoisotopic (exact) mass is 363 g/mol. The van der Waals surface area contributed by atoms with Crippen LogP contribution in [-0.2, 0) is 16.6 Å². The average Bonchev–Trinajstić information content (AvgIpc) is 3.19. The zero-order chi connectivity index (χ0) is 17.3. The number of fused-ring (bicyclic) bond motifs is 1.